The van der Waals surface area contributed by atoms with Gasteiger partial charge in [0, 0.05) is 19.1 Å². The highest BCUT2D eigenvalue weighted by Gasteiger charge is 2.38. The molecular weight excluding hydrogens is 393 g/mol. The molecule has 1 aromatic carbocycles. The van der Waals surface area contributed by atoms with E-state index in [0.717, 1.165) is 6.07 Å². The molecule has 4 rings (SSSR count). The van der Waals surface area contributed by atoms with Gasteiger partial charge < -0.3 is 25.9 Å². The number of carbonyl (C=O) groups is 1. The molecule has 0 atom stereocenters. The summed E-state index contributed by atoms with van der Waals surface area (Å²) in [5.41, 5.74) is 12.1. The van der Waals surface area contributed by atoms with E-state index in [-0.39, 0.29) is 34.1 Å². The van der Waals surface area contributed by atoms with Crippen molar-refractivity contribution in [2.24, 2.45) is 5.73 Å². The Morgan fingerprint density at radius 2 is 1.86 bits per heavy atom. The van der Waals surface area contributed by atoms with Crippen LogP contribution in [0.5, 0.6) is 0 Å². The number of rotatable bonds is 1. The predicted molar refractivity (Wildman–Crippen MR) is 87.5 cm³/mol. The zero-order valence-corrected chi connectivity index (χ0v) is 13.8. The summed E-state index contributed by atoms with van der Waals surface area (Å²) >= 11 is 0. The Kier molecular flexibility index (Phi) is 4.71. The number of aromatic nitrogens is 2. The number of halogens is 5. The predicted octanol–water partition coefficient (Wildman–Crippen LogP) is 2.02. The lowest BCUT2D eigenvalue weighted by Gasteiger charge is -2.37. The zero-order valence-electron chi connectivity index (χ0n) is 13.8. The van der Waals surface area contributed by atoms with Gasteiger partial charge in [-0.3, -0.25) is 0 Å². The second-order valence-corrected chi connectivity index (χ2v) is 5.89. The van der Waals surface area contributed by atoms with E-state index in [4.69, 9.17) is 25.8 Å². The normalized spacial score (nSPS) is 14.7. The van der Waals surface area contributed by atoms with Gasteiger partial charge in [0.25, 0.3) is 0 Å². The molecule has 8 nitrogen and oxygen atoms in total. The van der Waals surface area contributed by atoms with Crippen LogP contribution >= 0.6 is 0 Å². The van der Waals surface area contributed by atoms with Crippen molar-refractivity contribution < 1.29 is 36.3 Å². The van der Waals surface area contributed by atoms with E-state index in [1.54, 1.807) is 0 Å². The molecule has 3 heterocycles. The van der Waals surface area contributed by atoms with Gasteiger partial charge in [-0.15, -0.1) is 0 Å². The van der Waals surface area contributed by atoms with Crippen LogP contribution in [-0.4, -0.2) is 46.4 Å². The van der Waals surface area contributed by atoms with E-state index in [9.17, 15) is 22.0 Å². The summed E-state index contributed by atoms with van der Waals surface area (Å²) in [6, 6.07) is 2.42. The lowest BCUT2D eigenvalue weighted by atomic mass is 10.1. The molecule has 5 N–H and O–H groups in total. The SMILES string of the molecule is Nc1nc(N2CC(N)C2)c2oc3ccc(F)c(F)c3c2n1.O=C(O)C(F)(F)F. The van der Waals surface area contributed by atoms with Gasteiger partial charge in [0.2, 0.25) is 5.95 Å². The van der Waals surface area contributed by atoms with Crippen molar-refractivity contribution in [2.45, 2.75) is 12.2 Å². The molecule has 0 saturated carbocycles. The largest absolute Gasteiger partial charge is 0.490 e. The number of anilines is 2. The van der Waals surface area contributed by atoms with E-state index in [2.05, 4.69) is 9.97 Å². The number of furan rings is 1. The molecule has 1 saturated heterocycles. The fourth-order valence-electron chi connectivity index (χ4n) is 2.57. The number of benzene rings is 1. The molecule has 13 heteroatoms. The Balaban J connectivity index is 0.000000279. The van der Waals surface area contributed by atoms with E-state index in [0.29, 0.717) is 18.9 Å². The summed E-state index contributed by atoms with van der Waals surface area (Å²) in [7, 11) is 0. The van der Waals surface area contributed by atoms with E-state index in [1.807, 2.05) is 4.90 Å². The molecule has 150 valence electrons. The molecule has 28 heavy (non-hydrogen) atoms. The maximum Gasteiger partial charge on any atom is 0.490 e. The molecule has 0 unspecified atom stereocenters. The Labute approximate surface area is 152 Å². The molecule has 0 radical (unpaired) electrons. The number of carboxylic acids is 1. The van der Waals surface area contributed by atoms with E-state index in [1.165, 1.54) is 6.07 Å². The molecule has 0 amide bonds. The molecule has 1 aliphatic heterocycles. The second kappa shape index (κ2) is 6.74. The summed E-state index contributed by atoms with van der Waals surface area (Å²) in [5.74, 6) is -4.29. The van der Waals surface area contributed by atoms with E-state index < -0.39 is 23.8 Å². The molecular formula is C15H12F5N5O3. The summed E-state index contributed by atoms with van der Waals surface area (Å²) < 4.78 is 64.8. The van der Waals surface area contributed by atoms with Gasteiger partial charge in [0.1, 0.15) is 11.1 Å². The fraction of sp³-hybridized carbons (Fsp3) is 0.267. The van der Waals surface area contributed by atoms with Crippen LogP contribution in [0.2, 0.25) is 0 Å². The minimum atomic E-state index is -5.08. The minimum absolute atomic E-state index is 0.0230. The number of nitrogen functional groups attached to an aromatic ring is 1. The average molecular weight is 405 g/mol. The Bertz CT molecular complexity index is 1060. The minimum Gasteiger partial charge on any atom is -0.475 e. The molecule has 0 bridgehead atoms. The number of nitrogens with two attached hydrogens (primary N) is 2. The number of hydrogen-bond acceptors (Lipinski definition) is 7. The van der Waals surface area contributed by atoms with Crippen LogP contribution in [0.15, 0.2) is 16.5 Å². The van der Waals surface area contributed by atoms with Gasteiger partial charge in [-0.25, -0.2) is 18.6 Å². The molecule has 1 aliphatic rings. The third kappa shape index (κ3) is 3.47. The summed E-state index contributed by atoms with van der Waals surface area (Å²) in [4.78, 5) is 18.9. The average Bonchev–Trinajstić information content (AvgIpc) is 2.93. The van der Waals surface area contributed by atoms with Crippen LogP contribution in [0.3, 0.4) is 0 Å². The third-order valence-electron chi connectivity index (χ3n) is 3.82. The van der Waals surface area contributed by atoms with Gasteiger partial charge in [-0.2, -0.15) is 18.2 Å². The monoisotopic (exact) mass is 405 g/mol. The third-order valence-corrected chi connectivity index (χ3v) is 3.82. The Hall–Kier alpha value is -3.22. The van der Waals surface area contributed by atoms with Crippen molar-refractivity contribution in [3.63, 3.8) is 0 Å². The van der Waals surface area contributed by atoms with E-state index >= 15 is 0 Å². The smallest absolute Gasteiger partial charge is 0.475 e. The topological polar surface area (TPSA) is 132 Å². The van der Waals surface area contributed by atoms with Crippen LogP contribution in [0.25, 0.3) is 22.1 Å². The highest BCUT2D eigenvalue weighted by molar-refractivity contribution is 6.06. The van der Waals surface area contributed by atoms with Crippen LogP contribution in [0, 0.1) is 11.6 Å². The number of fused-ring (bicyclic) bond motifs is 3. The lowest BCUT2D eigenvalue weighted by Crippen LogP contribution is -2.56. The first-order chi connectivity index (χ1) is 13.0. The Morgan fingerprint density at radius 1 is 1.25 bits per heavy atom. The fourth-order valence-corrected chi connectivity index (χ4v) is 2.57. The quantitative estimate of drug-likeness (QED) is 0.524. The number of alkyl halides is 3. The van der Waals surface area contributed by atoms with Crippen molar-refractivity contribution >= 4 is 39.8 Å². The van der Waals surface area contributed by atoms with Crippen LogP contribution in [0.1, 0.15) is 0 Å². The first-order valence-corrected chi connectivity index (χ1v) is 7.63. The van der Waals surface area contributed by atoms with Crippen LogP contribution < -0.4 is 16.4 Å². The molecule has 1 fully saturated rings. The van der Waals surface area contributed by atoms with Gasteiger partial charge >= 0.3 is 12.1 Å². The first kappa shape index (κ1) is 19.5. The lowest BCUT2D eigenvalue weighted by molar-refractivity contribution is -0.192. The molecule has 3 aromatic rings. The van der Waals surface area contributed by atoms with Crippen LogP contribution in [-0.2, 0) is 4.79 Å². The molecule has 0 spiro atoms. The van der Waals surface area contributed by atoms with Gasteiger partial charge in [0.15, 0.2) is 23.0 Å². The number of hydrogen-bond donors (Lipinski definition) is 3. The highest BCUT2D eigenvalue weighted by atomic mass is 19.4. The number of nitrogens with zero attached hydrogens (tertiary/aromatic N) is 3. The van der Waals surface area contributed by atoms with Gasteiger partial charge in [0.05, 0.1) is 5.39 Å². The summed E-state index contributed by atoms with van der Waals surface area (Å²) in [6.07, 6.45) is -5.08. The summed E-state index contributed by atoms with van der Waals surface area (Å²) in [5, 5.41) is 7.10. The second-order valence-electron chi connectivity index (χ2n) is 5.89. The van der Waals surface area contributed by atoms with Crippen LogP contribution in [0.4, 0.5) is 33.7 Å². The number of aliphatic carboxylic acids is 1. The maximum atomic E-state index is 14.0. The standard InChI is InChI=1S/C13H11F2N5O.C2HF3O2/c14-6-1-2-7-8(9(6)15)10-11(21-7)12(19-13(17)18-10)20-3-5(16)4-20;3-2(4,5)1(6)7/h1-2,5H,3-4,16H2,(H2,17,18,19);(H,6,7). The van der Waals surface area contributed by atoms with Crippen molar-refractivity contribution in [3.05, 3.63) is 23.8 Å². The highest BCUT2D eigenvalue weighted by Crippen LogP contribution is 2.36. The zero-order chi connectivity index (χ0) is 20.8. The van der Waals surface area contributed by atoms with Crippen molar-refractivity contribution in [3.8, 4) is 0 Å². The summed E-state index contributed by atoms with van der Waals surface area (Å²) in [6.45, 7) is 1.19. The van der Waals surface area contributed by atoms with Crippen molar-refractivity contribution in [1.29, 1.82) is 0 Å². The first-order valence-electron chi connectivity index (χ1n) is 7.63. The van der Waals surface area contributed by atoms with Gasteiger partial charge in [-0.1, -0.05) is 0 Å². The maximum absolute atomic E-state index is 14.0. The molecule has 0 aliphatic carbocycles. The van der Waals surface area contributed by atoms with Gasteiger partial charge in [-0.05, 0) is 12.1 Å². The molecule has 2 aromatic heterocycles. The van der Waals surface area contributed by atoms with Crippen molar-refractivity contribution in [2.75, 3.05) is 23.7 Å². The van der Waals surface area contributed by atoms with Crippen molar-refractivity contribution in [1.82, 2.24) is 9.97 Å². The number of carboxylic acid groups (broad SMARTS) is 1. The Morgan fingerprint density at radius 3 is 2.39 bits per heavy atom.